The van der Waals surface area contributed by atoms with Gasteiger partial charge in [-0.1, -0.05) is 0 Å². The van der Waals surface area contributed by atoms with Crippen LogP contribution in [0.2, 0.25) is 0 Å². The number of hydrogen-bond donors (Lipinski definition) is 2. The van der Waals surface area contributed by atoms with E-state index >= 15 is 0 Å². The fourth-order valence-electron chi connectivity index (χ4n) is 2.14. The molecule has 0 aromatic carbocycles. The largest absolute Gasteiger partial charge is 0.355 e. The van der Waals surface area contributed by atoms with Crippen LogP contribution in [0.1, 0.15) is 0 Å². The molecule has 1 rings (SSSR count). The summed E-state index contributed by atoms with van der Waals surface area (Å²) in [4.78, 5) is 15.0. The molecule has 0 bridgehead atoms. The minimum Gasteiger partial charge on any atom is -0.355 e. The van der Waals surface area contributed by atoms with Gasteiger partial charge < -0.3 is 25.0 Å². The first-order chi connectivity index (χ1) is 9.80. The fourth-order valence-corrected chi connectivity index (χ4v) is 2.14. The standard InChI is InChI=1S/C13H28N4O3/c1-19-13(20-2)11-16-7-3-14-5-9-17(12-18)10-6-15-4-8-16/h12-15H,3-11H2,1-2H3. The van der Waals surface area contributed by atoms with Crippen molar-refractivity contribution in [1.29, 1.82) is 0 Å². The van der Waals surface area contributed by atoms with E-state index in [-0.39, 0.29) is 6.29 Å². The average Bonchev–Trinajstić information content (AvgIpc) is 2.46. The van der Waals surface area contributed by atoms with Gasteiger partial charge in [0, 0.05) is 73.1 Å². The Morgan fingerprint density at radius 3 is 1.95 bits per heavy atom. The van der Waals surface area contributed by atoms with Crippen LogP contribution < -0.4 is 10.6 Å². The predicted octanol–water partition coefficient (Wildman–Crippen LogP) is -1.44. The monoisotopic (exact) mass is 288 g/mol. The third-order valence-electron chi connectivity index (χ3n) is 3.44. The van der Waals surface area contributed by atoms with Crippen LogP contribution in [0.4, 0.5) is 0 Å². The normalized spacial score (nSPS) is 20.4. The highest BCUT2D eigenvalue weighted by atomic mass is 16.7. The zero-order valence-electron chi connectivity index (χ0n) is 12.6. The minimum atomic E-state index is -0.187. The Morgan fingerprint density at radius 1 is 1.00 bits per heavy atom. The Labute approximate surface area is 121 Å². The van der Waals surface area contributed by atoms with Gasteiger partial charge in [-0.25, -0.2) is 0 Å². The number of carbonyl (C=O) groups is 1. The molecule has 7 nitrogen and oxygen atoms in total. The maximum absolute atomic E-state index is 10.9. The van der Waals surface area contributed by atoms with E-state index in [1.54, 1.807) is 19.1 Å². The van der Waals surface area contributed by atoms with E-state index in [0.717, 1.165) is 65.3 Å². The number of rotatable bonds is 5. The molecule has 0 saturated carbocycles. The lowest BCUT2D eigenvalue weighted by Gasteiger charge is -2.27. The van der Waals surface area contributed by atoms with E-state index in [2.05, 4.69) is 15.5 Å². The van der Waals surface area contributed by atoms with Gasteiger partial charge in [0.2, 0.25) is 6.41 Å². The Bertz CT molecular complexity index is 238. The molecule has 0 spiro atoms. The molecule has 1 aliphatic rings. The molecule has 0 aromatic rings. The fraction of sp³-hybridized carbons (Fsp3) is 0.923. The molecule has 0 radical (unpaired) electrons. The lowest BCUT2D eigenvalue weighted by Crippen LogP contribution is -2.45. The SMILES string of the molecule is COC(CN1CCNCCN(C=O)CCNCC1)OC. The van der Waals surface area contributed by atoms with Gasteiger partial charge in [0.1, 0.15) is 0 Å². The number of carbonyl (C=O) groups excluding carboxylic acids is 1. The summed E-state index contributed by atoms with van der Waals surface area (Å²) in [7, 11) is 3.32. The quantitative estimate of drug-likeness (QED) is 0.477. The Morgan fingerprint density at radius 2 is 1.50 bits per heavy atom. The van der Waals surface area contributed by atoms with Gasteiger partial charge in [0.15, 0.2) is 6.29 Å². The second-order valence-electron chi connectivity index (χ2n) is 4.84. The zero-order chi connectivity index (χ0) is 14.6. The molecule has 1 fully saturated rings. The first kappa shape index (κ1) is 17.3. The molecule has 20 heavy (non-hydrogen) atoms. The van der Waals surface area contributed by atoms with E-state index in [1.165, 1.54) is 0 Å². The van der Waals surface area contributed by atoms with Crippen molar-refractivity contribution in [3.63, 3.8) is 0 Å². The van der Waals surface area contributed by atoms with Gasteiger partial charge in [0.05, 0.1) is 0 Å². The highest BCUT2D eigenvalue weighted by molar-refractivity contribution is 5.46. The van der Waals surface area contributed by atoms with E-state index < -0.39 is 0 Å². The van der Waals surface area contributed by atoms with Gasteiger partial charge in [-0.3, -0.25) is 9.69 Å². The molecule has 1 heterocycles. The van der Waals surface area contributed by atoms with Gasteiger partial charge in [-0.05, 0) is 0 Å². The summed E-state index contributed by atoms with van der Waals surface area (Å²) >= 11 is 0. The number of nitrogens with one attached hydrogen (secondary N) is 2. The van der Waals surface area contributed by atoms with Crippen LogP contribution in [-0.4, -0.2) is 95.6 Å². The molecular weight excluding hydrogens is 260 g/mol. The number of hydrogen-bond acceptors (Lipinski definition) is 6. The van der Waals surface area contributed by atoms with Gasteiger partial charge in [-0.2, -0.15) is 0 Å². The molecule has 118 valence electrons. The second kappa shape index (κ2) is 11.0. The van der Waals surface area contributed by atoms with Crippen LogP contribution in [-0.2, 0) is 14.3 Å². The van der Waals surface area contributed by atoms with Gasteiger partial charge in [0.25, 0.3) is 0 Å². The zero-order valence-corrected chi connectivity index (χ0v) is 12.6. The van der Waals surface area contributed by atoms with Crippen LogP contribution in [0.5, 0.6) is 0 Å². The van der Waals surface area contributed by atoms with E-state index in [0.29, 0.717) is 0 Å². The minimum absolute atomic E-state index is 0.187. The first-order valence-corrected chi connectivity index (χ1v) is 7.19. The molecule has 0 unspecified atom stereocenters. The molecule has 0 aliphatic carbocycles. The predicted molar refractivity (Wildman–Crippen MR) is 77.6 cm³/mol. The second-order valence-corrected chi connectivity index (χ2v) is 4.84. The lowest BCUT2D eigenvalue weighted by molar-refractivity contribution is -0.118. The van der Waals surface area contributed by atoms with E-state index in [9.17, 15) is 4.79 Å². The van der Waals surface area contributed by atoms with Crippen molar-refractivity contribution < 1.29 is 14.3 Å². The van der Waals surface area contributed by atoms with Crippen LogP contribution in [0.3, 0.4) is 0 Å². The van der Waals surface area contributed by atoms with Crippen molar-refractivity contribution in [3.05, 3.63) is 0 Å². The Balaban J connectivity index is 2.37. The van der Waals surface area contributed by atoms with Crippen molar-refractivity contribution >= 4 is 6.41 Å². The molecule has 1 saturated heterocycles. The van der Waals surface area contributed by atoms with Crippen LogP contribution in [0, 0.1) is 0 Å². The number of ether oxygens (including phenoxy) is 2. The summed E-state index contributed by atoms with van der Waals surface area (Å²) in [6, 6.07) is 0. The van der Waals surface area contributed by atoms with Crippen LogP contribution in [0.15, 0.2) is 0 Å². The summed E-state index contributed by atoms with van der Waals surface area (Å²) in [5, 5.41) is 6.72. The van der Waals surface area contributed by atoms with E-state index in [4.69, 9.17) is 9.47 Å². The van der Waals surface area contributed by atoms with Gasteiger partial charge in [-0.15, -0.1) is 0 Å². The Kier molecular flexibility index (Phi) is 9.52. The van der Waals surface area contributed by atoms with Crippen LogP contribution in [0.25, 0.3) is 0 Å². The smallest absolute Gasteiger partial charge is 0.209 e. The molecule has 0 aromatic heterocycles. The number of methoxy groups -OCH3 is 2. The molecule has 1 amide bonds. The van der Waals surface area contributed by atoms with Crippen LogP contribution >= 0.6 is 0 Å². The Hall–Kier alpha value is -0.730. The first-order valence-electron chi connectivity index (χ1n) is 7.19. The summed E-state index contributed by atoms with van der Waals surface area (Å²) in [5.74, 6) is 0. The number of nitrogens with zero attached hydrogens (tertiary/aromatic N) is 2. The summed E-state index contributed by atoms with van der Waals surface area (Å²) in [5.41, 5.74) is 0. The summed E-state index contributed by atoms with van der Waals surface area (Å²) in [6.07, 6.45) is 0.733. The van der Waals surface area contributed by atoms with Crippen molar-refractivity contribution in [1.82, 2.24) is 20.4 Å². The molecular formula is C13H28N4O3. The summed E-state index contributed by atoms with van der Waals surface area (Å²) in [6.45, 7) is 7.58. The highest BCUT2D eigenvalue weighted by Crippen LogP contribution is 1.97. The number of amides is 1. The molecule has 2 N–H and O–H groups in total. The third-order valence-corrected chi connectivity index (χ3v) is 3.44. The highest BCUT2D eigenvalue weighted by Gasteiger charge is 2.13. The average molecular weight is 288 g/mol. The lowest BCUT2D eigenvalue weighted by atomic mass is 10.4. The maximum atomic E-state index is 10.9. The summed E-state index contributed by atoms with van der Waals surface area (Å²) < 4.78 is 10.5. The van der Waals surface area contributed by atoms with Crippen molar-refractivity contribution in [3.8, 4) is 0 Å². The van der Waals surface area contributed by atoms with Crippen molar-refractivity contribution in [2.24, 2.45) is 0 Å². The van der Waals surface area contributed by atoms with Gasteiger partial charge >= 0.3 is 0 Å². The molecule has 7 heteroatoms. The van der Waals surface area contributed by atoms with Crippen molar-refractivity contribution in [2.75, 3.05) is 73.1 Å². The third kappa shape index (κ3) is 7.16. The molecule has 1 aliphatic heterocycles. The van der Waals surface area contributed by atoms with E-state index in [1.807, 2.05) is 0 Å². The topological polar surface area (TPSA) is 66.1 Å². The maximum Gasteiger partial charge on any atom is 0.209 e. The molecule has 0 atom stereocenters. The van der Waals surface area contributed by atoms with Crippen molar-refractivity contribution in [2.45, 2.75) is 6.29 Å².